The standard InChI is InChI=1S/C10H22N2/c1-9(2)8-10(3)12-7-5-6-11-4/h9,11H,5-8H2,1-4H3. The van der Waals surface area contributed by atoms with E-state index < -0.39 is 0 Å². The maximum absolute atomic E-state index is 4.48. The Bertz CT molecular complexity index is 128. The minimum absolute atomic E-state index is 0.734. The van der Waals surface area contributed by atoms with Gasteiger partial charge in [-0.05, 0) is 39.3 Å². The second kappa shape index (κ2) is 7.29. The van der Waals surface area contributed by atoms with Crippen LogP contribution in [0.25, 0.3) is 0 Å². The molecule has 0 aromatic carbocycles. The Balaban J connectivity index is 3.41. The number of aliphatic imine (C=N–C) groups is 1. The Morgan fingerprint density at radius 3 is 2.58 bits per heavy atom. The summed E-state index contributed by atoms with van der Waals surface area (Å²) in [7, 11) is 1.98. The van der Waals surface area contributed by atoms with Crippen molar-refractivity contribution >= 4 is 5.71 Å². The fraction of sp³-hybridized carbons (Fsp3) is 0.900. The highest BCUT2D eigenvalue weighted by molar-refractivity contribution is 5.81. The second-order valence-corrected chi connectivity index (χ2v) is 3.67. The zero-order chi connectivity index (χ0) is 9.40. The van der Waals surface area contributed by atoms with Gasteiger partial charge in [-0.1, -0.05) is 13.8 Å². The van der Waals surface area contributed by atoms with E-state index in [0.717, 1.165) is 31.8 Å². The minimum Gasteiger partial charge on any atom is -0.320 e. The first-order chi connectivity index (χ1) is 5.66. The fourth-order valence-electron chi connectivity index (χ4n) is 1.18. The summed E-state index contributed by atoms with van der Waals surface area (Å²) < 4.78 is 0. The lowest BCUT2D eigenvalue weighted by molar-refractivity contribution is 0.676. The minimum atomic E-state index is 0.734. The number of rotatable bonds is 6. The number of nitrogens with zero attached hydrogens (tertiary/aromatic N) is 1. The zero-order valence-electron chi connectivity index (χ0n) is 8.85. The van der Waals surface area contributed by atoms with Gasteiger partial charge >= 0.3 is 0 Å². The Hall–Kier alpha value is -0.370. The van der Waals surface area contributed by atoms with E-state index in [9.17, 15) is 0 Å². The van der Waals surface area contributed by atoms with Gasteiger partial charge in [0.15, 0.2) is 0 Å². The van der Waals surface area contributed by atoms with Crippen LogP contribution in [0.4, 0.5) is 0 Å². The molecule has 0 amide bonds. The van der Waals surface area contributed by atoms with Gasteiger partial charge in [0, 0.05) is 12.3 Å². The van der Waals surface area contributed by atoms with Gasteiger partial charge in [-0.2, -0.15) is 0 Å². The van der Waals surface area contributed by atoms with Gasteiger partial charge in [-0.25, -0.2) is 0 Å². The molecule has 0 fully saturated rings. The van der Waals surface area contributed by atoms with Gasteiger partial charge in [0.2, 0.25) is 0 Å². The predicted molar refractivity (Wildman–Crippen MR) is 56.0 cm³/mol. The first-order valence-corrected chi connectivity index (χ1v) is 4.81. The molecule has 0 heterocycles. The van der Waals surface area contributed by atoms with E-state index in [4.69, 9.17) is 0 Å². The third-order valence-corrected chi connectivity index (χ3v) is 1.67. The second-order valence-electron chi connectivity index (χ2n) is 3.67. The summed E-state index contributed by atoms with van der Waals surface area (Å²) in [4.78, 5) is 4.48. The Labute approximate surface area is 76.5 Å². The van der Waals surface area contributed by atoms with Crippen LogP contribution in [0.1, 0.15) is 33.6 Å². The highest BCUT2D eigenvalue weighted by Gasteiger charge is 1.95. The summed E-state index contributed by atoms with van der Waals surface area (Å²) in [5.41, 5.74) is 1.29. The van der Waals surface area contributed by atoms with E-state index in [1.807, 2.05) is 7.05 Å². The van der Waals surface area contributed by atoms with Crippen LogP contribution in [-0.2, 0) is 0 Å². The van der Waals surface area contributed by atoms with Crippen LogP contribution >= 0.6 is 0 Å². The van der Waals surface area contributed by atoms with Crippen LogP contribution in [0.5, 0.6) is 0 Å². The van der Waals surface area contributed by atoms with Crippen molar-refractivity contribution in [3.05, 3.63) is 0 Å². The van der Waals surface area contributed by atoms with Crippen molar-refractivity contribution in [3.8, 4) is 0 Å². The largest absolute Gasteiger partial charge is 0.320 e. The molecule has 0 bridgehead atoms. The molecule has 0 saturated heterocycles. The number of hydrogen-bond donors (Lipinski definition) is 1. The zero-order valence-corrected chi connectivity index (χ0v) is 8.85. The van der Waals surface area contributed by atoms with E-state index in [1.54, 1.807) is 0 Å². The highest BCUT2D eigenvalue weighted by atomic mass is 14.8. The fourth-order valence-corrected chi connectivity index (χ4v) is 1.18. The lowest BCUT2D eigenvalue weighted by Gasteiger charge is -2.03. The third-order valence-electron chi connectivity index (χ3n) is 1.67. The molecule has 0 aliphatic carbocycles. The molecule has 0 radical (unpaired) electrons. The molecule has 0 aromatic heterocycles. The van der Waals surface area contributed by atoms with E-state index in [-0.39, 0.29) is 0 Å². The molecule has 0 aliphatic rings. The number of nitrogens with one attached hydrogen (secondary N) is 1. The van der Waals surface area contributed by atoms with Crippen molar-refractivity contribution in [2.24, 2.45) is 10.9 Å². The Morgan fingerprint density at radius 2 is 2.08 bits per heavy atom. The molecule has 0 aromatic rings. The lowest BCUT2D eigenvalue weighted by Crippen LogP contribution is -2.09. The average molecular weight is 170 g/mol. The van der Waals surface area contributed by atoms with Crippen LogP contribution in [0, 0.1) is 5.92 Å². The molecule has 2 nitrogen and oxygen atoms in total. The molecular weight excluding hydrogens is 148 g/mol. The SMILES string of the molecule is CNCCCN=C(C)CC(C)C. The molecule has 2 heteroatoms. The van der Waals surface area contributed by atoms with Crippen LogP contribution in [0.3, 0.4) is 0 Å². The van der Waals surface area contributed by atoms with Crippen LogP contribution in [0.15, 0.2) is 4.99 Å². The monoisotopic (exact) mass is 170 g/mol. The molecule has 0 unspecified atom stereocenters. The summed E-state index contributed by atoms with van der Waals surface area (Å²) in [5.74, 6) is 0.734. The summed E-state index contributed by atoms with van der Waals surface area (Å²) in [6, 6.07) is 0. The highest BCUT2D eigenvalue weighted by Crippen LogP contribution is 2.01. The van der Waals surface area contributed by atoms with Gasteiger partial charge in [-0.3, -0.25) is 4.99 Å². The molecule has 1 N–H and O–H groups in total. The topological polar surface area (TPSA) is 24.4 Å². The van der Waals surface area contributed by atoms with Gasteiger partial charge in [0.25, 0.3) is 0 Å². The van der Waals surface area contributed by atoms with E-state index in [0.29, 0.717) is 0 Å². The first-order valence-electron chi connectivity index (χ1n) is 4.81. The lowest BCUT2D eigenvalue weighted by atomic mass is 10.1. The summed E-state index contributed by atoms with van der Waals surface area (Å²) in [6.07, 6.45) is 2.28. The molecule has 12 heavy (non-hydrogen) atoms. The molecular formula is C10H22N2. The predicted octanol–water partition coefficient (Wildman–Crippen LogP) is 2.10. The van der Waals surface area contributed by atoms with Crippen molar-refractivity contribution in [2.45, 2.75) is 33.6 Å². The van der Waals surface area contributed by atoms with Crippen LogP contribution in [0.2, 0.25) is 0 Å². The van der Waals surface area contributed by atoms with E-state index >= 15 is 0 Å². The van der Waals surface area contributed by atoms with Crippen molar-refractivity contribution in [1.29, 1.82) is 0 Å². The Kier molecular flexibility index (Phi) is 7.06. The van der Waals surface area contributed by atoms with Gasteiger partial charge in [-0.15, -0.1) is 0 Å². The maximum atomic E-state index is 4.48. The molecule has 72 valence electrons. The van der Waals surface area contributed by atoms with Gasteiger partial charge < -0.3 is 5.32 Å². The summed E-state index contributed by atoms with van der Waals surface area (Å²) in [5, 5.41) is 3.11. The first kappa shape index (κ1) is 11.6. The van der Waals surface area contributed by atoms with E-state index in [2.05, 4.69) is 31.1 Å². The average Bonchev–Trinajstić information content (AvgIpc) is 1.97. The maximum Gasteiger partial charge on any atom is 0.0400 e. The quantitative estimate of drug-likeness (QED) is 0.479. The Morgan fingerprint density at radius 1 is 1.42 bits per heavy atom. The molecule has 0 saturated carbocycles. The molecule has 0 rings (SSSR count). The molecule has 0 spiro atoms. The molecule has 0 atom stereocenters. The smallest absolute Gasteiger partial charge is 0.0400 e. The third kappa shape index (κ3) is 7.73. The normalized spacial score (nSPS) is 12.6. The van der Waals surface area contributed by atoms with Gasteiger partial charge in [0.1, 0.15) is 0 Å². The van der Waals surface area contributed by atoms with Crippen LogP contribution in [-0.4, -0.2) is 25.8 Å². The van der Waals surface area contributed by atoms with Gasteiger partial charge in [0.05, 0.1) is 0 Å². The number of hydrogen-bond acceptors (Lipinski definition) is 2. The summed E-state index contributed by atoms with van der Waals surface area (Å²) in [6.45, 7) is 8.62. The van der Waals surface area contributed by atoms with Crippen molar-refractivity contribution in [2.75, 3.05) is 20.1 Å². The summed E-state index contributed by atoms with van der Waals surface area (Å²) >= 11 is 0. The van der Waals surface area contributed by atoms with Crippen LogP contribution < -0.4 is 5.32 Å². The molecule has 0 aliphatic heterocycles. The van der Waals surface area contributed by atoms with E-state index in [1.165, 1.54) is 5.71 Å². The van der Waals surface area contributed by atoms with Crippen molar-refractivity contribution < 1.29 is 0 Å². The van der Waals surface area contributed by atoms with Crippen molar-refractivity contribution in [1.82, 2.24) is 5.32 Å². The van der Waals surface area contributed by atoms with Crippen molar-refractivity contribution in [3.63, 3.8) is 0 Å².